The highest BCUT2D eigenvalue weighted by molar-refractivity contribution is 5.93. The normalized spacial score (nSPS) is 18.6. The maximum atomic E-state index is 12.4. The minimum Gasteiger partial charge on any atom is -0.493 e. The van der Waals surface area contributed by atoms with Crippen molar-refractivity contribution in [1.82, 2.24) is 10.5 Å². The largest absolute Gasteiger partial charge is 0.493 e. The molecule has 1 aromatic carbocycles. The summed E-state index contributed by atoms with van der Waals surface area (Å²) in [6, 6.07) is 7.48. The van der Waals surface area contributed by atoms with E-state index in [9.17, 15) is 9.90 Å². The highest BCUT2D eigenvalue weighted by Crippen LogP contribution is 2.39. The van der Waals surface area contributed by atoms with Gasteiger partial charge in [0.05, 0.1) is 18.8 Å². The molecule has 1 fully saturated rings. The van der Waals surface area contributed by atoms with E-state index in [1.54, 1.807) is 6.07 Å². The van der Waals surface area contributed by atoms with Crippen molar-refractivity contribution >= 4 is 5.91 Å². The van der Waals surface area contributed by atoms with Crippen molar-refractivity contribution < 1.29 is 19.2 Å². The highest BCUT2D eigenvalue weighted by atomic mass is 16.5. The molecule has 6 heteroatoms. The van der Waals surface area contributed by atoms with E-state index in [-0.39, 0.29) is 18.3 Å². The molecule has 1 saturated carbocycles. The lowest BCUT2D eigenvalue weighted by atomic mass is 9.97. The Kier molecular flexibility index (Phi) is 3.57. The predicted octanol–water partition coefficient (Wildman–Crippen LogP) is 2.17. The number of fused-ring (bicyclic) bond motifs is 1. The molecule has 1 aliphatic heterocycles. The van der Waals surface area contributed by atoms with E-state index in [2.05, 4.69) is 10.5 Å². The minimum atomic E-state index is -0.602. The summed E-state index contributed by atoms with van der Waals surface area (Å²) in [5.41, 5.74) is 2.05. The molecule has 2 aliphatic rings. The fourth-order valence-electron chi connectivity index (χ4n) is 3.18. The maximum Gasteiger partial charge on any atom is 0.290 e. The predicted molar refractivity (Wildman–Crippen MR) is 86.8 cm³/mol. The number of ether oxygens (including phenoxy) is 1. The van der Waals surface area contributed by atoms with E-state index in [4.69, 9.17) is 9.26 Å². The van der Waals surface area contributed by atoms with Crippen molar-refractivity contribution in [1.29, 1.82) is 0 Å². The van der Waals surface area contributed by atoms with Crippen LogP contribution in [0.3, 0.4) is 0 Å². The first-order valence-corrected chi connectivity index (χ1v) is 8.25. The molecule has 0 bridgehead atoms. The van der Waals surface area contributed by atoms with Crippen LogP contribution in [-0.2, 0) is 6.42 Å². The number of hydrogen-bond donors (Lipinski definition) is 2. The molecular formula is C18H20N2O4. The average molecular weight is 328 g/mol. The van der Waals surface area contributed by atoms with Gasteiger partial charge in [-0.25, -0.2) is 0 Å². The number of aliphatic hydroxyl groups excluding tert-OH is 1. The Bertz CT molecular complexity index is 781. The fraction of sp³-hybridized carbons (Fsp3) is 0.444. The van der Waals surface area contributed by atoms with Crippen LogP contribution in [0.15, 0.2) is 28.8 Å². The fourth-order valence-corrected chi connectivity index (χ4v) is 3.18. The smallest absolute Gasteiger partial charge is 0.290 e. The van der Waals surface area contributed by atoms with Crippen molar-refractivity contribution in [2.45, 2.75) is 31.7 Å². The molecule has 126 valence electrons. The molecule has 1 aliphatic carbocycles. The van der Waals surface area contributed by atoms with Crippen LogP contribution < -0.4 is 10.1 Å². The number of nitrogens with one attached hydrogen (secondary N) is 1. The molecule has 1 aromatic heterocycles. The van der Waals surface area contributed by atoms with Crippen molar-refractivity contribution in [3.8, 4) is 17.0 Å². The zero-order valence-electron chi connectivity index (χ0n) is 13.5. The number of aromatic nitrogens is 1. The molecule has 2 heterocycles. The number of rotatable bonds is 5. The summed E-state index contributed by atoms with van der Waals surface area (Å²) < 4.78 is 10.7. The van der Waals surface area contributed by atoms with Crippen molar-refractivity contribution in [3.05, 3.63) is 35.6 Å². The van der Waals surface area contributed by atoms with Gasteiger partial charge in [0, 0.05) is 18.1 Å². The van der Waals surface area contributed by atoms with Crippen molar-refractivity contribution in [3.63, 3.8) is 0 Å². The lowest BCUT2D eigenvalue weighted by Crippen LogP contribution is -2.50. The first-order chi connectivity index (χ1) is 11.6. The van der Waals surface area contributed by atoms with Crippen molar-refractivity contribution in [2.75, 3.05) is 13.2 Å². The standard InChI is InChI=1S/C18H20N2O4/c1-18(10-21,13-3-4-13)19-17(22)16-9-14(20-24-16)11-2-5-15-12(8-11)6-7-23-15/h2,5,8-9,13,21H,3-4,6-7,10H2,1H3,(H,19,22). The summed E-state index contributed by atoms with van der Waals surface area (Å²) in [5, 5.41) is 16.5. The molecule has 2 aromatic rings. The number of hydrogen-bond acceptors (Lipinski definition) is 5. The number of carbonyl (C=O) groups is 1. The van der Waals surface area contributed by atoms with Gasteiger partial charge in [-0.1, -0.05) is 5.16 Å². The third-order valence-electron chi connectivity index (χ3n) is 4.93. The molecule has 0 saturated heterocycles. The molecule has 1 atom stereocenters. The second kappa shape index (κ2) is 5.63. The maximum absolute atomic E-state index is 12.4. The van der Waals surface area contributed by atoms with Crippen LogP contribution in [0.1, 0.15) is 35.9 Å². The van der Waals surface area contributed by atoms with Gasteiger partial charge >= 0.3 is 0 Å². The molecular weight excluding hydrogens is 308 g/mol. The number of carbonyl (C=O) groups excluding carboxylic acids is 1. The SMILES string of the molecule is CC(CO)(NC(=O)c1cc(-c2ccc3c(c2)CCO3)no1)C1CC1. The van der Waals surface area contributed by atoms with Crippen LogP contribution in [0.4, 0.5) is 0 Å². The zero-order chi connectivity index (χ0) is 16.7. The van der Waals surface area contributed by atoms with Crippen molar-refractivity contribution in [2.24, 2.45) is 5.92 Å². The van der Waals surface area contributed by atoms with Gasteiger partial charge in [-0.05, 0) is 49.4 Å². The Morgan fingerprint density at radius 2 is 2.25 bits per heavy atom. The van der Waals surface area contributed by atoms with Crippen LogP contribution in [0, 0.1) is 5.92 Å². The average Bonchev–Trinajstić information content (AvgIpc) is 3.16. The summed E-state index contributed by atoms with van der Waals surface area (Å²) in [5.74, 6) is 1.04. The Labute approximate surface area is 139 Å². The van der Waals surface area contributed by atoms with Gasteiger partial charge in [0.25, 0.3) is 5.91 Å². The zero-order valence-corrected chi connectivity index (χ0v) is 13.5. The highest BCUT2D eigenvalue weighted by Gasteiger charge is 2.42. The van der Waals surface area contributed by atoms with Crippen LogP contribution in [0.2, 0.25) is 0 Å². The molecule has 1 amide bonds. The topological polar surface area (TPSA) is 84.6 Å². The van der Waals surface area contributed by atoms with Crippen LogP contribution in [0.5, 0.6) is 5.75 Å². The Morgan fingerprint density at radius 3 is 3.00 bits per heavy atom. The quantitative estimate of drug-likeness (QED) is 0.879. The lowest BCUT2D eigenvalue weighted by Gasteiger charge is -2.28. The van der Waals surface area contributed by atoms with E-state index in [1.807, 2.05) is 25.1 Å². The number of nitrogens with zero attached hydrogens (tertiary/aromatic N) is 1. The molecule has 6 nitrogen and oxygen atoms in total. The van der Waals surface area contributed by atoms with E-state index in [0.29, 0.717) is 18.2 Å². The van der Waals surface area contributed by atoms with E-state index in [0.717, 1.165) is 36.1 Å². The van der Waals surface area contributed by atoms with Gasteiger partial charge in [-0.3, -0.25) is 4.79 Å². The first kappa shape index (κ1) is 15.2. The lowest BCUT2D eigenvalue weighted by molar-refractivity contribution is 0.0788. The Hall–Kier alpha value is -2.34. The number of benzene rings is 1. The summed E-state index contributed by atoms with van der Waals surface area (Å²) in [4.78, 5) is 12.4. The molecule has 24 heavy (non-hydrogen) atoms. The van der Waals surface area contributed by atoms with Crippen LogP contribution in [0.25, 0.3) is 11.3 Å². The summed E-state index contributed by atoms with van der Waals surface area (Å²) in [6.45, 7) is 2.47. The summed E-state index contributed by atoms with van der Waals surface area (Å²) in [6.07, 6.45) is 2.93. The van der Waals surface area contributed by atoms with Gasteiger partial charge in [0.15, 0.2) is 0 Å². The number of amides is 1. The van der Waals surface area contributed by atoms with E-state index in [1.165, 1.54) is 0 Å². The molecule has 2 N–H and O–H groups in total. The van der Waals surface area contributed by atoms with Gasteiger partial charge in [-0.2, -0.15) is 0 Å². The molecule has 0 spiro atoms. The van der Waals surface area contributed by atoms with Crippen LogP contribution in [-0.4, -0.2) is 34.9 Å². The summed E-state index contributed by atoms with van der Waals surface area (Å²) in [7, 11) is 0. The molecule has 4 rings (SSSR count). The molecule has 1 unspecified atom stereocenters. The third kappa shape index (κ3) is 2.67. The Morgan fingerprint density at radius 1 is 1.42 bits per heavy atom. The van der Waals surface area contributed by atoms with Gasteiger partial charge in [0.2, 0.25) is 5.76 Å². The van der Waals surface area contributed by atoms with E-state index >= 15 is 0 Å². The third-order valence-corrected chi connectivity index (χ3v) is 4.93. The Balaban J connectivity index is 1.53. The molecule has 0 radical (unpaired) electrons. The second-order valence-electron chi connectivity index (χ2n) is 6.80. The van der Waals surface area contributed by atoms with Gasteiger partial charge in [0.1, 0.15) is 11.4 Å². The first-order valence-electron chi connectivity index (χ1n) is 8.25. The monoisotopic (exact) mass is 328 g/mol. The van der Waals surface area contributed by atoms with E-state index < -0.39 is 5.54 Å². The second-order valence-corrected chi connectivity index (χ2v) is 6.80. The minimum absolute atomic E-state index is 0.0881. The van der Waals surface area contributed by atoms with Gasteiger partial charge in [-0.15, -0.1) is 0 Å². The van der Waals surface area contributed by atoms with Gasteiger partial charge < -0.3 is 19.7 Å². The number of aliphatic hydroxyl groups is 1. The summed E-state index contributed by atoms with van der Waals surface area (Å²) >= 11 is 0. The van der Waals surface area contributed by atoms with Crippen LogP contribution >= 0.6 is 0 Å².